The van der Waals surface area contributed by atoms with Crippen molar-refractivity contribution in [3.8, 4) is 5.75 Å². The number of nitrogen functional groups attached to an aromatic ring is 1. The molecule has 172 valence electrons. The summed E-state index contributed by atoms with van der Waals surface area (Å²) in [6.45, 7) is 4.33. The van der Waals surface area contributed by atoms with Gasteiger partial charge in [-0.15, -0.1) is 37.2 Å². The molecule has 0 unspecified atom stereocenters. The van der Waals surface area contributed by atoms with Gasteiger partial charge in [0.05, 0.1) is 6.61 Å². The monoisotopic (exact) mass is 487 g/mol. The maximum absolute atomic E-state index is 7.65. The molecule has 5 N–H and O–H groups in total. The van der Waals surface area contributed by atoms with Crippen molar-refractivity contribution in [2.75, 3.05) is 36.9 Å². The standard InChI is InChI=1S/C22H29N5O.3ClH/c23-19-2-1-3-20(13-19)26-9-6-16(7-10-26)15-28-21-5-4-17-8-11-27(22(24)25)14-18(17)12-21;;;/h1-5,12-13,16H,6-11,14-15,23H2,(H3,24,25);3*1H. The lowest BCUT2D eigenvalue weighted by Gasteiger charge is -2.33. The van der Waals surface area contributed by atoms with Gasteiger partial charge in [-0.1, -0.05) is 12.1 Å². The number of hydrogen-bond acceptors (Lipinski definition) is 4. The average molecular weight is 489 g/mol. The second-order valence-electron chi connectivity index (χ2n) is 7.82. The molecule has 2 aromatic rings. The van der Waals surface area contributed by atoms with E-state index in [0.29, 0.717) is 12.5 Å². The number of anilines is 2. The summed E-state index contributed by atoms with van der Waals surface area (Å²) in [5.74, 6) is 1.63. The highest BCUT2D eigenvalue weighted by molar-refractivity contribution is 5.86. The van der Waals surface area contributed by atoms with Gasteiger partial charge in [0, 0.05) is 37.6 Å². The Labute approximate surface area is 203 Å². The summed E-state index contributed by atoms with van der Waals surface area (Å²) in [6.07, 6.45) is 3.17. The normalized spacial score (nSPS) is 15.6. The van der Waals surface area contributed by atoms with Crippen molar-refractivity contribution in [3.63, 3.8) is 0 Å². The third-order valence-electron chi connectivity index (χ3n) is 5.87. The predicted octanol–water partition coefficient (Wildman–Crippen LogP) is 4.08. The second-order valence-corrected chi connectivity index (χ2v) is 7.82. The van der Waals surface area contributed by atoms with Gasteiger partial charge in [-0.05, 0) is 66.6 Å². The lowest BCUT2D eigenvalue weighted by atomic mass is 9.97. The number of halogens is 3. The SMILES string of the molecule is Cl.Cl.Cl.N=C(N)N1CCc2ccc(OCC3CCN(c4cccc(N)c4)CC3)cc2C1. The minimum atomic E-state index is 0. The Kier molecular flexibility index (Phi) is 10.6. The van der Waals surface area contributed by atoms with Crippen molar-refractivity contribution >= 4 is 54.6 Å². The van der Waals surface area contributed by atoms with E-state index in [1.54, 1.807) is 0 Å². The molecule has 9 heteroatoms. The molecule has 0 spiro atoms. The quantitative estimate of drug-likeness (QED) is 0.343. The summed E-state index contributed by atoms with van der Waals surface area (Å²) in [4.78, 5) is 4.31. The average Bonchev–Trinajstić information content (AvgIpc) is 2.72. The number of guanidine groups is 1. The molecule has 1 fully saturated rings. The number of rotatable bonds is 4. The molecule has 0 amide bonds. The van der Waals surface area contributed by atoms with Crippen molar-refractivity contribution in [3.05, 3.63) is 53.6 Å². The number of hydrogen-bond donors (Lipinski definition) is 3. The molecule has 2 aliphatic heterocycles. The summed E-state index contributed by atoms with van der Waals surface area (Å²) in [5, 5.41) is 7.65. The van der Waals surface area contributed by atoms with Crippen LogP contribution in [0.15, 0.2) is 42.5 Å². The lowest BCUT2D eigenvalue weighted by molar-refractivity contribution is 0.222. The molecule has 2 aromatic carbocycles. The molecule has 1 saturated heterocycles. The molecule has 31 heavy (non-hydrogen) atoms. The van der Waals surface area contributed by atoms with Gasteiger partial charge in [0.15, 0.2) is 5.96 Å². The third-order valence-corrected chi connectivity index (χ3v) is 5.87. The number of ether oxygens (including phenoxy) is 1. The van der Waals surface area contributed by atoms with E-state index < -0.39 is 0 Å². The smallest absolute Gasteiger partial charge is 0.188 e. The van der Waals surface area contributed by atoms with Gasteiger partial charge in [-0.2, -0.15) is 0 Å². The van der Waals surface area contributed by atoms with Crippen LogP contribution in [0.25, 0.3) is 0 Å². The van der Waals surface area contributed by atoms with Crippen molar-refractivity contribution in [2.45, 2.75) is 25.8 Å². The van der Waals surface area contributed by atoms with E-state index in [0.717, 1.165) is 56.9 Å². The highest BCUT2D eigenvalue weighted by Gasteiger charge is 2.21. The largest absolute Gasteiger partial charge is 0.493 e. The highest BCUT2D eigenvalue weighted by Crippen LogP contribution is 2.27. The van der Waals surface area contributed by atoms with E-state index in [-0.39, 0.29) is 43.2 Å². The zero-order valence-corrected chi connectivity index (χ0v) is 19.9. The van der Waals surface area contributed by atoms with Crippen LogP contribution >= 0.6 is 37.2 Å². The molecule has 4 rings (SSSR count). The fourth-order valence-corrected chi connectivity index (χ4v) is 4.12. The van der Waals surface area contributed by atoms with Crippen LogP contribution in [0.3, 0.4) is 0 Å². The third kappa shape index (κ3) is 6.73. The second kappa shape index (κ2) is 12.1. The topological polar surface area (TPSA) is 91.6 Å². The van der Waals surface area contributed by atoms with E-state index >= 15 is 0 Å². The first-order valence-corrected chi connectivity index (χ1v) is 10.0. The maximum atomic E-state index is 7.65. The van der Waals surface area contributed by atoms with E-state index in [1.807, 2.05) is 23.1 Å². The first-order valence-electron chi connectivity index (χ1n) is 10.0. The van der Waals surface area contributed by atoms with Gasteiger partial charge < -0.3 is 26.0 Å². The Bertz CT molecular complexity index is 859. The van der Waals surface area contributed by atoms with E-state index in [2.05, 4.69) is 29.2 Å². The summed E-state index contributed by atoms with van der Waals surface area (Å²) in [5.41, 5.74) is 16.1. The zero-order valence-electron chi connectivity index (χ0n) is 17.5. The molecule has 6 nitrogen and oxygen atoms in total. The Morgan fingerprint density at radius 2 is 1.74 bits per heavy atom. The van der Waals surface area contributed by atoms with Gasteiger partial charge in [-0.25, -0.2) is 0 Å². The summed E-state index contributed by atoms with van der Waals surface area (Å²) in [7, 11) is 0. The molecular formula is C22H32Cl3N5O. The van der Waals surface area contributed by atoms with Crippen LogP contribution in [0.2, 0.25) is 0 Å². The molecule has 0 saturated carbocycles. The van der Waals surface area contributed by atoms with Crippen LogP contribution in [0, 0.1) is 11.3 Å². The van der Waals surface area contributed by atoms with E-state index in [1.165, 1.54) is 16.8 Å². The fourth-order valence-electron chi connectivity index (χ4n) is 4.12. The number of nitrogens with one attached hydrogen (secondary N) is 1. The molecule has 0 aliphatic carbocycles. The molecule has 2 aliphatic rings. The highest BCUT2D eigenvalue weighted by atomic mass is 35.5. The van der Waals surface area contributed by atoms with Crippen molar-refractivity contribution < 1.29 is 4.74 Å². The minimum absolute atomic E-state index is 0. The van der Waals surface area contributed by atoms with Crippen LogP contribution < -0.4 is 21.1 Å². The lowest BCUT2D eigenvalue weighted by Crippen LogP contribution is -2.40. The maximum Gasteiger partial charge on any atom is 0.188 e. The first-order chi connectivity index (χ1) is 13.6. The van der Waals surface area contributed by atoms with Gasteiger partial charge >= 0.3 is 0 Å². The number of piperidine rings is 1. The Morgan fingerprint density at radius 1 is 1.00 bits per heavy atom. The van der Waals surface area contributed by atoms with Crippen LogP contribution in [0.1, 0.15) is 24.0 Å². The van der Waals surface area contributed by atoms with Gasteiger partial charge in [-0.3, -0.25) is 5.41 Å². The Morgan fingerprint density at radius 3 is 2.42 bits per heavy atom. The number of nitrogens with two attached hydrogens (primary N) is 2. The fraction of sp³-hybridized carbons (Fsp3) is 0.409. The van der Waals surface area contributed by atoms with E-state index in [4.69, 9.17) is 21.6 Å². The van der Waals surface area contributed by atoms with Crippen LogP contribution in [-0.2, 0) is 13.0 Å². The summed E-state index contributed by atoms with van der Waals surface area (Å²) in [6, 6.07) is 14.5. The van der Waals surface area contributed by atoms with Gasteiger partial charge in [0.1, 0.15) is 5.75 Å². The van der Waals surface area contributed by atoms with Crippen molar-refractivity contribution in [1.29, 1.82) is 5.41 Å². The number of nitrogens with zero attached hydrogens (tertiary/aromatic N) is 2. The van der Waals surface area contributed by atoms with Crippen molar-refractivity contribution in [1.82, 2.24) is 4.90 Å². The van der Waals surface area contributed by atoms with Gasteiger partial charge in [0.2, 0.25) is 0 Å². The molecule has 0 atom stereocenters. The number of benzene rings is 2. The van der Waals surface area contributed by atoms with E-state index in [9.17, 15) is 0 Å². The van der Waals surface area contributed by atoms with Crippen LogP contribution in [0.4, 0.5) is 11.4 Å². The summed E-state index contributed by atoms with van der Waals surface area (Å²) < 4.78 is 6.13. The zero-order chi connectivity index (χ0) is 19.5. The first kappa shape index (κ1) is 27.0. The predicted molar refractivity (Wildman–Crippen MR) is 136 cm³/mol. The molecule has 0 radical (unpaired) electrons. The molecule has 0 bridgehead atoms. The molecule has 0 aromatic heterocycles. The number of fused-ring (bicyclic) bond motifs is 1. The minimum Gasteiger partial charge on any atom is -0.493 e. The Balaban J connectivity index is 0.00000160. The summed E-state index contributed by atoms with van der Waals surface area (Å²) >= 11 is 0. The van der Waals surface area contributed by atoms with Crippen molar-refractivity contribution in [2.24, 2.45) is 11.7 Å². The Hall–Kier alpha value is -2.02. The molecule has 2 heterocycles. The van der Waals surface area contributed by atoms with Gasteiger partial charge in [0.25, 0.3) is 0 Å². The van der Waals surface area contributed by atoms with Crippen LogP contribution in [0.5, 0.6) is 5.75 Å². The van der Waals surface area contributed by atoms with Crippen LogP contribution in [-0.4, -0.2) is 37.1 Å². The molecular weight excluding hydrogens is 457 g/mol.